The molecule has 2 aromatic rings. The van der Waals surface area contributed by atoms with E-state index in [1.54, 1.807) is 0 Å². The highest BCUT2D eigenvalue weighted by molar-refractivity contribution is 5.96. The van der Waals surface area contributed by atoms with Crippen molar-refractivity contribution in [2.75, 3.05) is 13.2 Å². The molecule has 1 aliphatic rings. The van der Waals surface area contributed by atoms with Crippen LogP contribution in [0.5, 0.6) is 11.5 Å². The fourth-order valence-electron chi connectivity index (χ4n) is 4.54. The molecule has 0 spiro atoms. The molecule has 0 aliphatic heterocycles. The molecule has 0 fully saturated rings. The summed E-state index contributed by atoms with van der Waals surface area (Å²) in [5, 5.41) is 2.47. The average molecular weight is 397 g/mol. The van der Waals surface area contributed by atoms with E-state index in [1.165, 1.54) is 66.8 Å². The third kappa shape index (κ3) is 5.68. The van der Waals surface area contributed by atoms with Gasteiger partial charge >= 0.3 is 0 Å². The maximum Gasteiger partial charge on any atom is 0.130 e. The highest BCUT2D eigenvalue weighted by Gasteiger charge is 2.26. The molecule has 2 nitrogen and oxygen atoms in total. The lowest BCUT2D eigenvalue weighted by Crippen LogP contribution is -2.16. The highest BCUT2D eigenvalue weighted by atomic mass is 16.5. The molecule has 0 heterocycles. The molecule has 0 aromatic heterocycles. The van der Waals surface area contributed by atoms with Crippen LogP contribution in [0.15, 0.2) is 24.3 Å². The Hall–Kier alpha value is -1.70. The molecule has 0 saturated carbocycles. The monoisotopic (exact) mass is 396 g/mol. The van der Waals surface area contributed by atoms with Crippen LogP contribution in [0.4, 0.5) is 0 Å². The molecule has 2 heteroatoms. The summed E-state index contributed by atoms with van der Waals surface area (Å²) in [5.74, 6) is 2.98. The number of hydrogen-bond donors (Lipinski definition) is 0. The summed E-state index contributed by atoms with van der Waals surface area (Å²) in [4.78, 5) is 0. The highest BCUT2D eigenvalue weighted by Crippen LogP contribution is 2.45. The van der Waals surface area contributed by atoms with Crippen LogP contribution in [-0.2, 0) is 12.8 Å². The normalized spacial score (nSPS) is 16.0. The Bertz CT molecular complexity index is 765. The van der Waals surface area contributed by atoms with Gasteiger partial charge in [-0.3, -0.25) is 0 Å². The van der Waals surface area contributed by atoms with Crippen molar-refractivity contribution >= 4 is 10.8 Å². The molecule has 1 unspecified atom stereocenters. The van der Waals surface area contributed by atoms with Crippen LogP contribution in [-0.4, -0.2) is 13.2 Å². The van der Waals surface area contributed by atoms with Crippen LogP contribution < -0.4 is 9.47 Å². The number of rotatable bonds is 12. The molecule has 160 valence electrons. The lowest BCUT2D eigenvalue weighted by molar-refractivity contribution is 0.292. The fraction of sp³-hybridized carbons (Fsp3) is 0.630. The molecular weight excluding hydrogens is 356 g/mol. The maximum atomic E-state index is 6.47. The number of unbranched alkanes of at least 4 members (excludes halogenated alkanes) is 6. The van der Waals surface area contributed by atoms with E-state index in [1.807, 2.05) is 0 Å². The Morgan fingerprint density at radius 2 is 1.31 bits per heavy atom. The zero-order chi connectivity index (χ0) is 20.5. The summed E-state index contributed by atoms with van der Waals surface area (Å²) in [5.41, 5.74) is 2.84. The molecular formula is C27H40O2. The van der Waals surface area contributed by atoms with E-state index in [0.29, 0.717) is 5.92 Å². The second-order valence-corrected chi connectivity index (χ2v) is 8.83. The first-order valence-corrected chi connectivity index (χ1v) is 12.1. The minimum absolute atomic E-state index is 0.712. The summed E-state index contributed by atoms with van der Waals surface area (Å²) in [6, 6.07) is 8.71. The van der Waals surface area contributed by atoms with Crippen molar-refractivity contribution in [1.82, 2.24) is 0 Å². The van der Waals surface area contributed by atoms with Crippen molar-refractivity contribution in [1.29, 1.82) is 0 Å². The Morgan fingerprint density at radius 1 is 0.759 bits per heavy atom. The topological polar surface area (TPSA) is 18.5 Å². The minimum atomic E-state index is 0.712. The first-order valence-electron chi connectivity index (χ1n) is 12.1. The standard InChI is InChI=1S/C27H40O2/c1-4-6-8-12-18-28-26-22-14-10-11-15-23(22)27(29-19-13-9-7-5-2)25-20-21(3)16-17-24(25)26/h10-11,14-15,21H,4-9,12-13,16-20H2,1-3H3. The number of ether oxygens (including phenoxy) is 2. The minimum Gasteiger partial charge on any atom is -0.493 e. The van der Waals surface area contributed by atoms with Gasteiger partial charge in [0.05, 0.1) is 13.2 Å². The maximum absolute atomic E-state index is 6.47. The van der Waals surface area contributed by atoms with Gasteiger partial charge in [0.15, 0.2) is 0 Å². The predicted octanol–water partition coefficient (Wildman–Crippen LogP) is 7.88. The van der Waals surface area contributed by atoms with E-state index in [-0.39, 0.29) is 0 Å². The van der Waals surface area contributed by atoms with Gasteiger partial charge in [-0.25, -0.2) is 0 Å². The van der Waals surface area contributed by atoms with Gasteiger partial charge in [0.25, 0.3) is 0 Å². The molecule has 3 rings (SSSR count). The van der Waals surface area contributed by atoms with E-state index in [0.717, 1.165) is 50.4 Å². The van der Waals surface area contributed by atoms with E-state index in [4.69, 9.17) is 9.47 Å². The van der Waals surface area contributed by atoms with Crippen LogP contribution in [0, 0.1) is 5.92 Å². The Balaban J connectivity index is 1.89. The Labute approximate surface area is 178 Å². The SMILES string of the molecule is CCCCCCOc1c2c(c(OCCCCCC)c3ccccc13)CC(C)CC2. The van der Waals surface area contributed by atoms with E-state index in [9.17, 15) is 0 Å². The summed E-state index contributed by atoms with van der Waals surface area (Å²) in [6.45, 7) is 8.53. The quantitative estimate of drug-likeness (QED) is 0.340. The summed E-state index contributed by atoms with van der Waals surface area (Å²) in [6.07, 6.45) is 13.4. The lowest BCUT2D eigenvalue weighted by atomic mass is 9.82. The number of hydrogen-bond acceptors (Lipinski definition) is 2. The third-order valence-electron chi connectivity index (χ3n) is 6.26. The molecule has 0 radical (unpaired) electrons. The third-order valence-corrected chi connectivity index (χ3v) is 6.26. The zero-order valence-electron chi connectivity index (χ0n) is 18.9. The molecule has 0 N–H and O–H groups in total. The summed E-state index contributed by atoms with van der Waals surface area (Å²) in [7, 11) is 0. The van der Waals surface area contributed by atoms with Crippen LogP contribution in [0.2, 0.25) is 0 Å². The van der Waals surface area contributed by atoms with Crippen molar-refractivity contribution in [2.24, 2.45) is 5.92 Å². The first kappa shape index (κ1) is 22.0. The van der Waals surface area contributed by atoms with Gasteiger partial charge in [0.1, 0.15) is 11.5 Å². The van der Waals surface area contributed by atoms with Crippen LogP contribution in [0.25, 0.3) is 10.8 Å². The number of benzene rings is 2. The Morgan fingerprint density at radius 3 is 1.86 bits per heavy atom. The average Bonchev–Trinajstić information content (AvgIpc) is 2.74. The van der Waals surface area contributed by atoms with Crippen LogP contribution in [0.1, 0.15) is 89.7 Å². The molecule has 0 amide bonds. The van der Waals surface area contributed by atoms with Crippen molar-refractivity contribution in [3.63, 3.8) is 0 Å². The van der Waals surface area contributed by atoms with Crippen LogP contribution >= 0.6 is 0 Å². The number of fused-ring (bicyclic) bond motifs is 2. The molecule has 29 heavy (non-hydrogen) atoms. The lowest BCUT2D eigenvalue weighted by Gasteiger charge is -2.28. The predicted molar refractivity (Wildman–Crippen MR) is 124 cm³/mol. The van der Waals surface area contributed by atoms with Gasteiger partial charge in [-0.05, 0) is 38.0 Å². The molecule has 1 aliphatic carbocycles. The molecule has 0 saturated heterocycles. The second-order valence-electron chi connectivity index (χ2n) is 8.83. The van der Waals surface area contributed by atoms with Gasteiger partial charge in [-0.1, -0.05) is 83.6 Å². The molecule has 2 aromatic carbocycles. The van der Waals surface area contributed by atoms with Gasteiger partial charge in [0, 0.05) is 21.9 Å². The first-order chi connectivity index (χ1) is 14.3. The van der Waals surface area contributed by atoms with E-state index < -0.39 is 0 Å². The second kappa shape index (κ2) is 11.5. The van der Waals surface area contributed by atoms with Gasteiger partial charge in [0.2, 0.25) is 0 Å². The summed E-state index contributed by atoms with van der Waals surface area (Å²) >= 11 is 0. The smallest absolute Gasteiger partial charge is 0.130 e. The van der Waals surface area contributed by atoms with Gasteiger partial charge in [-0.15, -0.1) is 0 Å². The van der Waals surface area contributed by atoms with E-state index >= 15 is 0 Å². The van der Waals surface area contributed by atoms with Crippen molar-refractivity contribution in [3.8, 4) is 11.5 Å². The summed E-state index contributed by atoms with van der Waals surface area (Å²) < 4.78 is 12.9. The van der Waals surface area contributed by atoms with Crippen molar-refractivity contribution in [3.05, 3.63) is 35.4 Å². The largest absolute Gasteiger partial charge is 0.493 e. The van der Waals surface area contributed by atoms with Gasteiger partial charge in [-0.2, -0.15) is 0 Å². The fourth-order valence-corrected chi connectivity index (χ4v) is 4.54. The van der Waals surface area contributed by atoms with E-state index in [2.05, 4.69) is 45.0 Å². The molecule has 0 bridgehead atoms. The Kier molecular flexibility index (Phi) is 8.70. The molecule has 1 atom stereocenters. The van der Waals surface area contributed by atoms with Crippen molar-refractivity contribution < 1.29 is 9.47 Å². The zero-order valence-corrected chi connectivity index (χ0v) is 18.9. The van der Waals surface area contributed by atoms with Crippen molar-refractivity contribution in [2.45, 2.75) is 91.4 Å². The van der Waals surface area contributed by atoms with Gasteiger partial charge < -0.3 is 9.47 Å². The van der Waals surface area contributed by atoms with Crippen LogP contribution in [0.3, 0.4) is 0 Å².